The summed E-state index contributed by atoms with van der Waals surface area (Å²) >= 11 is 1.79. The molecule has 114 valence electrons. The monoisotopic (exact) mass is 298 g/mol. The molecule has 1 saturated heterocycles. The van der Waals surface area contributed by atoms with Crippen molar-refractivity contribution in [2.45, 2.75) is 39.1 Å². The van der Waals surface area contributed by atoms with E-state index in [4.69, 9.17) is 9.72 Å². The van der Waals surface area contributed by atoms with Crippen LogP contribution in [-0.2, 0) is 17.9 Å². The molecular weight excluding hydrogens is 272 g/mol. The van der Waals surface area contributed by atoms with Gasteiger partial charge in [-0.1, -0.05) is 0 Å². The third-order valence-corrected chi connectivity index (χ3v) is 5.17. The lowest BCUT2D eigenvalue weighted by Crippen LogP contribution is -2.55. The third kappa shape index (κ3) is 3.31. The normalized spacial score (nSPS) is 24.4. The summed E-state index contributed by atoms with van der Waals surface area (Å²) in [5, 5.41) is 4.35. The Morgan fingerprint density at radius 1 is 1.35 bits per heavy atom. The van der Waals surface area contributed by atoms with Gasteiger partial charge < -0.3 is 15.0 Å². The smallest absolute Gasteiger partial charge is 0.186 e. The molecule has 20 heavy (non-hydrogen) atoms. The van der Waals surface area contributed by atoms with E-state index in [-0.39, 0.29) is 0 Å². The first kappa shape index (κ1) is 15.7. The summed E-state index contributed by atoms with van der Waals surface area (Å²) in [7, 11) is 5.90. The lowest BCUT2D eigenvalue weighted by molar-refractivity contribution is 0.169. The first-order chi connectivity index (χ1) is 9.56. The van der Waals surface area contributed by atoms with E-state index < -0.39 is 0 Å². The number of nitrogens with one attached hydrogen (secondary N) is 1. The van der Waals surface area contributed by atoms with Crippen molar-refractivity contribution in [3.8, 4) is 0 Å². The second kappa shape index (κ2) is 6.85. The first-order valence-electron chi connectivity index (χ1n) is 7.15. The highest BCUT2D eigenvalue weighted by molar-refractivity contribution is 7.15. The molecule has 2 unspecified atom stereocenters. The predicted molar refractivity (Wildman–Crippen MR) is 84.5 cm³/mol. The van der Waals surface area contributed by atoms with E-state index in [1.54, 1.807) is 18.4 Å². The summed E-state index contributed by atoms with van der Waals surface area (Å²) in [6.45, 7) is 8.09. The minimum absolute atomic E-state index is 0.557. The molecule has 0 aromatic carbocycles. The van der Waals surface area contributed by atoms with Gasteiger partial charge in [0.1, 0.15) is 0 Å². The number of likely N-dealkylation sites (N-methyl/N-ethyl adjacent to an activating group) is 1. The van der Waals surface area contributed by atoms with Gasteiger partial charge >= 0.3 is 0 Å². The highest BCUT2D eigenvalue weighted by Gasteiger charge is 2.28. The average Bonchev–Trinajstić information content (AvgIpc) is 2.80. The maximum atomic E-state index is 5.26. The van der Waals surface area contributed by atoms with Gasteiger partial charge in [0.05, 0.1) is 12.3 Å². The van der Waals surface area contributed by atoms with Crippen molar-refractivity contribution in [1.29, 1.82) is 0 Å². The number of thiazole rings is 1. The summed E-state index contributed by atoms with van der Waals surface area (Å²) in [6, 6.07) is 1.11. The van der Waals surface area contributed by atoms with E-state index in [0.717, 1.165) is 30.5 Å². The van der Waals surface area contributed by atoms with Gasteiger partial charge in [0.15, 0.2) is 5.13 Å². The van der Waals surface area contributed by atoms with Crippen molar-refractivity contribution in [1.82, 2.24) is 15.2 Å². The van der Waals surface area contributed by atoms with E-state index in [2.05, 4.69) is 36.0 Å². The first-order valence-corrected chi connectivity index (χ1v) is 7.97. The van der Waals surface area contributed by atoms with Gasteiger partial charge in [-0.25, -0.2) is 4.98 Å². The molecule has 1 aromatic heterocycles. The fraction of sp³-hybridized carbons (Fsp3) is 0.786. The largest absolute Gasteiger partial charge is 0.378 e. The van der Waals surface area contributed by atoms with Crippen LogP contribution in [0.5, 0.6) is 0 Å². The highest BCUT2D eigenvalue weighted by Crippen LogP contribution is 2.29. The van der Waals surface area contributed by atoms with Crippen molar-refractivity contribution in [2.75, 3.05) is 39.2 Å². The predicted octanol–water partition coefficient (Wildman–Crippen LogP) is 1.54. The lowest BCUT2D eigenvalue weighted by Gasteiger charge is -2.42. The fourth-order valence-electron chi connectivity index (χ4n) is 2.61. The number of aromatic nitrogens is 1. The van der Waals surface area contributed by atoms with E-state index in [9.17, 15) is 0 Å². The molecule has 0 saturated carbocycles. The molecule has 5 nitrogen and oxygen atoms in total. The molecule has 0 bridgehead atoms. The summed E-state index contributed by atoms with van der Waals surface area (Å²) in [5.41, 5.74) is 1.07. The van der Waals surface area contributed by atoms with Crippen LogP contribution in [0.15, 0.2) is 0 Å². The number of piperazine rings is 1. The molecule has 2 rings (SSSR count). The Morgan fingerprint density at radius 3 is 2.55 bits per heavy atom. The Kier molecular flexibility index (Phi) is 5.37. The zero-order valence-electron chi connectivity index (χ0n) is 13.1. The van der Waals surface area contributed by atoms with Gasteiger partial charge in [-0.2, -0.15) is 0 Å². The van der Waals surface area contributed by atoms with Crippen LogP contribution in [0.1, 0.15) is 24.4 Å². The SMILES string of the molecule is CNCc1sc(N2CC(C)N(C)C(C)C2)nc1COC. The second-order valence-corrected chi connectivity index (χ2v) is 6.66. The van der Waals surface area contributed by atoms with E-state index in [0.29, 0.717) is 18.7 Å². The Labute approximate surface area is 125 Å². The molecule has 0 aliphatic carbocycles. The van der Waals surface area contributed by atoms with E-state index in [1.165, 1.54) is 4.88 Å². The molecule has 1 aromatic rings. The van der Waals surface area contributed by atoms with Crippen molar-refractivity contribution >= 4 is 16.5 Å². The molecule has 2 atom stereocenters. The van der Waals surface area contributed by atoms with Crippen molar-refractivity contribution in [3.63, 3.8) is 0 Å². The summed E-state index contributed by atoms with van der Waals surface area (Å²) < 4.78 is 5.26. The van der Waals surface area contributed by atoms with Crippen LogP contribution in [0, 0.1) is 0 Å². The zero-order chi connectivity index (χ0) is 14.7. The van der Waals surface area contributed by atoms with Crippen LogP contribution in [0.25, 0.3) is 0 Å². The molecule has 0 spiro atoms. The molecule has 0 radical (unpaired) electrons. The molecular formula is C14H26N4OS. The number of methoxy groups -OCH3 is 1. The lowest BCUT2D eigenvalue weighted by atomic mass is 10.1. The molecule has 1 fully saturated rings. The quantitative estimate of drug-likeness (QED) is 0.893. The number of rotatable bonds is 5. The van der Waals surface area contributed by atoms with Crippen LogP contribution < -0.4 is 10.2 Å². The number of nitrogens with zero attached hydrogens (tertiary/aromatic N) is 3. The number of hydrogen-bond acceptors (Lipinski definition) is 6. The summed E-state index contributed by atoms with van der Waals surface area (Å²) in [6.07, 6.45) is 0. The maximum Gasteiger partial charge on any atom is 0.186 e. The molecule has 1 aliphatic rings. The summed E-state index contributed by atoms with van der Waals surface area (Å²) in [4.78, 5) is 10.9. The van der Waals surface area contributed by atoms with Crippen LogP contribution in [-0.4, -0.2) is 56.3 Å². The third-order valence-electron chi connectivity index (χ3n) is 4.02. The second-order valence-electron chi connectivity index (χ2n) is 5.60. The van der Waals surface area contributed by atoms with E-state index in [1.807, 2.05) is 7.05 Å². The van der Waals surface area contributed by atoms with Gasteiger partial charge in [0, 0.05) is 43.7 Å². The van der Waals surface area contributed by atoms with Crippen molar-refractivity contribution in [3.05, 3.63) is 10.6 Å². The number of anilines is 1. The number of hydrogen-bond donors (Lipinski definition) is 1. The molecule has 1 aliphatic heterocycles. The minimum atomic E-state index is 0.557. The minimum Gasteiger partial charge on any atom is -0.378 e. The molecule has 2 heterocycles. The van der Waals surface area contributed by atoms with E-state index >= 15 is 0 Å². The Hall–Kier alpha value is -0.690. The van der Waals surface area contributed by atoms with Gasteiger partial charge in [-0.05, 0) is 27.9 Å². The standard InChI is InChI=1S/C14H26N4OS/c1-10-7-18(8-11(2)17(10)4)14-16-12(9-19-5)13(20-14)6-15-3/h10-11,15H,6-9H2,1-5H3. The van der Waals surface area contributed by atoms with Gasteiger partial charge in [-0.3, -0.25) is 4.90 Å². The van der Waals surface area contributed by atoms with Crippen LogP contribution in [0.2, 0.25) is 0 Å². The summed E-state index contributed by atoms with van der Waals surface area (Å²) in [5.74, 6) is 0. The maximum absolute atomic E-state index is 5.26. The Balaban J connectivity index is 2.17. The average molecular weight is 298 g/mol. The Bertz CT molecular complexity index is 401. The van der Waals surface area contributed by atoms with Crippen LogP contribution >= 0.6 is 11.3 Å². The van der Waals surface area contributed by atoms with Crippen LogP contribution in [0.4, 0.5) is 5.13 Å². The van der Waals surface area contributed by atoms with Crippen molar-refractivity contribution in [2.24, 2.45) is 0 Å². The molecule has 6 heteroatoms. The highest BCUT2D eigenvalue weighted by atomic mass is 32.1. The van der Waals surface area contributed by atoms with Crippen molar-refractivity contribution < 1.29 is 4.74 Å². The van der Waals surface area contributed by atoms with Gasteiger partial charge in [-0.15, -0.1) is 11.3 Å². The number of ether oxygens (including phenoxy) is 1. The topological polar surface area (TPSA) is 40.6 Å². The molecule has 1 N–H and O–H groups in total. The van der Waals surface area contributed by atoms with Gasteiger partial charge in [0.25, 0.3) is 0 Å². The Morgan fingerprint density at radius 2 is 2.00 bits per heavy atom. The molecule has 0 amide bonds. The zero-order valence-corrected chi connectivity index (χ0v) is 14.0. The van der Waals surface area contributed by atoms with Gasteiger partial charge in [0.2, 0.25) is 0 Å². The fourth-order valence-corrected chi connectivity index (χ4v) is 3.71. The van der Waals surface area contributed by atoms with Crippen LogP contribution in [0.3, 0.4) is 0 Å².